The van der Waals surface area contributed by atoms with Crippen molar-refractivity contribution in [2.45, 2.75) is 6.04 Å². The molecule has 3 rings (SSSR count). The number of rotatable bonds is 5. The summed E-state index contributed by atoms with van der Waals surface area (Å²) in [4.78, 5) is 2.44. The Morgan fingerprint density at radius 2 is 2.09 bits per heavy atom. The van der Waals surface area contributed by atoms with Gasteiger partial charge in [0.1, 0.15) is 5.75 Å². The Balaban J connectivity index is 1.55. The van der Waals surface area contributed by atoms with Crippen LogP contribution in [0.15, 0.2) is 24.3 Å². The summed E-state index contributed by atoms with van der Waals surface area (Å²) in [7, 11) is -1.33. The molecule has 0 radical (unpaired) electrons. The monoisotopic (exact) mass is 339 g/mol. The third kappa shape index (κ3) is 4.03. The number of nitrogens with zero attached hydrogens (tertiary/aromatic N) is 2. The van der Waals surface area contributed by atoms with Crippen molar-refractivity contribution in [2.75, 3.05) is 52.6 Å². The number of sulfonamides is 1. The van der Waals surface area contributed by atoms with Crippen molar-refractivity contribution in [2.24, 2.45) is 5.92 Å². The zero-order chi connectivity index (χ0) is 16.4. The van der Waals surface area contributed by atoms with Gasteiger partial charge < -0.3 is 10.1 Å². The van der Waals surface area contributed by atoms with E-state index in [0.29, 0.717) is 25.0 Å². The second-order valence-electron chi connectivity index (χ2n) is 6.49. The molecule has 2 heterocycles. The summed E-state index contributed by atoms with van der Waals surface area (Å²) in [5.41, 5.74) is 1.24. The molecule has 23 heavy (non-hydrogen) atoms. The van der Waals surface area contributed by atoms with Crippen LogP contribution in [-0.2, 0) is 10.0 Å². The highest BCUT2D eigenvalue weighted by Crippen LogP contribution is 2.24. The molecule has 128 valence electrons. The molecular formula is C16H25N3O3S. The highest BCUT2D eigenvalue weighted by Gasteiger charge is 2.35. The van der Waals surface area contributed by atoms with Crippen molar-refractivity contribution in [3.05, 3.63) is 29.8 Å². The Morgan fingerprint density at radius 3 is 2.78 bits per heavy atom. The van der Waals surface area contributed by atoms with Crippen molar-refractivity contribution in [1.82, 2.24) is 14.5 Å². The molecule has 0 spiro atoms. The van der Waals surface area contributed by atoms with Crippen LogP contribution in [0.1, 0.15) is 11.6 Å². The fraction of sp³-hybridized carbons (Fsp3) is 0.625. The zero-order valence-corrected chi connectivity index (χ0v) is 14.6. The fourth-order valence-electron chi connectivity index (χ4n) is 3.33. The second kappa shape index (κ2) is 6.76. The maximum atomic E-state index is 11.4. The van der Waals surface area contributed by atoms with Gasteiger partial charge in [-0.2, -0.15) is 0 Å². The fourth-order valence-corrected chi connectivity index (χ4v) is 4.30. The van der Waals surface area contributed by atoms with Crippen molar-refractivity contribution >= 4 is 10.0 Å². The standard InChI is InChI=1S/C16H25N3O3S/c1-22-15-5-3-4-14(8-15)16-12-18(7-6-17-16)9-13-10-19(11-13)23(2,20)21/h3-5,8,13,16-17H,6-7,9-12H2,1-2H3. The van der Waals surface area contributed by atoms with Gasteiger partial charge in [-0.05, 0) is 23.6 Å². The van der Waals surface area contributed by atoms with Crippen LogP contribution in [0.2, 0.25) is 0 Å². The summed E-state index contributed by atoms with van der Waals surface area (Å²) in [6.45, 7) is 5.19. The SMILES string of the molecule is COc1cccc(C2CN(CC3CN(S(C)(=O)=O)C3)CCN2)c1. The first kappa shape index (κ1) is 16.7. The molecule has 7 heteroatoms. The summed E-state index contributed by atoms with van der Waals surface area (Å²) < 4.78 is 29.7. The van der Waals surface area contributed by atoms with E-state index in [1.165, 1.54) is 11.8 Å². The minimum Gasteiger partial charge on any atom is -0.497 e. The quantitative estimate of drug-likeness (QED) is 0.848. The maximum absolute atomic E-state index is 11.4. The third-order valence-electron chi connectivity index (χ3n) is 4.66. The van der Waals surface area contributed by atoms with Gasteiger partial charge in [-0.3, -0.25) is 4.90 Å². The zero-order valence-electron chi connectivity index (χ0n) is 13.7. The van der Waals surface area contributed by atoms with E-state index in [2.05, 4.69) is 22.3 Å². The van der Waals surface area contributed by atoms with Crippen molar-refractivity contribution < 1.29 is 13.2 Å². The van der Waals surface area contributed by atoms with Gasteiger partial charge in [-0.25, -0.2) is 12.7 Å². The lowest BCUT2D eigenvalue weighted by molar-refractivity contribution is 0.111. The van der Waals surface area contributed by atoms with E-state index in [9.17, 15) is 8.42 Å². The molecule has 1 N–H and O–H groups in total. The normalized spacial score (nSPS) is 24.3. The Bertz CT molecular complexity index is 644. The predicted octanol–water partition coefficient (Wildman–Crippen LogP) is 0.533. The van der Waals surface area contributed by atoms with Crippen LogP contribution in [0.5, 0.6) is 5.75 Å². The van der Waals surface area contributed by atoms with Gasteiger partial charge in [-0.15, -0.1) is 0 Å². The Morgan fingerprint density at radius 1 is 1.30 bits per heavy atom. The molecule has 0 aliphatic carbocycles. The lowest BCUT2D eigenvalue weighted by Gasteiger charge is -2.42. The smallest absolute Gasteiger partial charge is 0.211 e. The third-order valence-corrected chi connectivity index (χ3v) is 5.90. The summed E-state index contributed by atoms with van der Waals surface area (Å²) in [5.74, 6) is 1.33. The number of nitrogens with one attached hydrogen (secondary N) is 1. The lowest BCUT2D eigenvalue weighted by atomic mass is 10.00. The second-order valence-corrected chi connectivity index (χ2v) is 8.47. The molecule has 2 fully saturated rings. The first-order valence-electron chi connectivity index (χ1n) is 8.00. The topological polar surface area (TPSA) is 61.9 Å². The molecule has 0 amide bonds. The summed E-state index contributed by atoms with van der Waals surface area (Å²) in [6, 6.07) is 8.47. The maximum Gasteiger partial charge on any atom is 0.211 e. The highest BCUT2D eigenvalue weighted by molar-refractivity contribution is 7.88. The van der Waals surface area contributed by atoms with Gasteiger partial charge >= 0.3 is 0 Å². The first-order valence-corrected chi connectivity index (χ1v) is 9.85. The van der Waals surface area contributed by atoms with Crippen LogP contribution < -0.4 is 10.1 Å². The minimum atomic E-state index is -3.01. The van der Waals surface area contributed by atoms with Gasteiger partial charge in [-0.1, -0.05) is 12.1 Å². The number of methoxy groups -OCH3 is 1. The molecule has 2 aliphatic rings. The average molecular weight is 339 g/mol. The highest BCUT2D eigenvalue weighted by atomic mass is 32.2. The molecule has 0 saturated carbocycles. The molecule has 1 unspecified atom stereocenters. The van der Waals surface area contributed by atoms with E-state index >= 15 is 0 Å². The van der Waals surface area contributed by atoms with Crippen molar-refractivity contribution in [1.29, 1.82) is 0 Å². The molecule has 6 nitrogen and oxygen atoms in total. The van der Waals surface area contributed by atoms with E-state index in [1.807, 2.05) is 12.1 Å². The van der Waals surface area contributed by atoms with Crippen LogP contribution >= 0.6 is 0 Å². The van der Waals surface area contributed by atoms with Gasteiger partial charge in [0.15, 0.2) is 0 Å². The minimum absolute atomic E-state index is 0.296. The predicted molar refractivity (Wildman–Crippen MR) is 90.1 cm³/mol. The molecular weight excluding hydrogens is 314 g/mol. The van der Waals surface area contributed by atoms with Crippen LogP contribution in [0.3, 0.4) is 0 Å². The van der Waals surface area contributed by atoms with Crippen LogP contribution in [-0.4, -0.2) is 70.3 Å². The number of piperazine rings is 1. The van der Waals surface area contributed by atoms with Crippen LogP contribution in [0.25, 0.3) is 0 Å². The average Bonchev–Trinajstić information content (AvgIpc) is 2.49. The Hall–Kier alpha value is -1.15. The van der Waals surface area contributed by atoms with E-state index in [-0.39, 0.29) is 0 Å². The molecule has 1 atom stereocenters. The largest absolute Gasteiger partial charge is 0.497 e. The molecule has 2 aliphatic heterocycles. The molecule has 1 aromatic rings. The number of hydrogen-bond acceptors (Lipinski definition) is 5. The van der Waals surface area contributed by atoms with Gasteiger partial charge in [0.2, 0.25) is 10.0 Å². The summed E-state index contributed by atoms with van der Waals surface area (Å²) in [5, 5.41) is 3.56. The van der Waals surface area contributed by atoms with E-state index in [1.54, 1.807) is 11.4 Å². The summed E-state index contributed by atoms with van der Waals surface area (Å²) >= 11 is 0. The first-order chi connectivity index (χ1) is 11.0. The molecule has 0 bridgehead atoms. The van der Waals surface area contributed by atoms with Gasteiger partial charge in [0.25, 0.3) is 0 Å². The van der Waals surface area contributed by atoms with Crippen LogP contribution in [0.4, 0.5) is 0 Å². The van der Waals surface area contributed by atoms with Crippen molar-refractivity contribution in [3.63, 3.8) is 0 Å². The van der Waals surface area contributed by atoms with E-state index in [4.69, 9.17) is 4.74 Å². The van der Waals surface area contributed by atoms with Gasteiger partial charge in [0, 0.05) is 45.3 Å². The molecule has 1 aromatic carbocycles. The summed E-state index contributed by atoms with van der Waals surface area (Å²) in [6.07, 6.45) is 1.28. The van der Waals surface area contributed by atoms with Crippen molar-refractivity contribution in [3.8, 4) is 5.75 Å². The Kier molecular flexibility index (Phi) is 4.91. The molecule has 2 saturated heterocycles. The van der Waals surface area contributed by atoms with E-state index in [0.717, 1.165) is 31.9 Å². The number of hydrogen-bond donors (Lipinski definition) is 1. The van der Waals surface area contributed by atoms with E-state index < -0.39 is 10.0 Å². The lowest BCUT2D eigenvalue weighted by Crippen LogP contribution is -2.55. The molecule has 0 aromatic heterocycles. The van der Waals surface area contributed by atoms with Crippen LogP contribution in [0, 0.1) is 5.92 Å². The Labute approximate surface area is 138 Å². The number of ether oxygens (including phenoxy) is 1. The van der Waals surface area contributed by atoms with Gasteiger partial charge in [0.05, 0.1) is 13.4 Å². The number of benzene rings is 1.